The van der Waals surface area contributed by atoms with Crippen LogP contribution in [0.25, 0.3) is 0 Å². The molecule has 0 aliphatic rings. The number of aryl methyl sites for hydroxylation is 2. The molecule has 102 valence electrons. The first kappa shape index (κ1) is 13.7. The first-order chi connectivity index (χ1) is 9.70. The Kier molecular flexibility index (Phi) is 4.39. The summed E-state index contributed by atoms with van der Waals surface area (Å²) in [6.07, 6.45) is 4.14. The van der Waals surface area contributed by atoms with Crippen molar-refractivity contribution in [2.24, 2.45) is 0 Å². The maximum atomic E-state index is 11.9. The maximum Gasteiger partial charge on any atom is 0.269 e. The molecule has 2 aromatic heterocycles. The fraction of sp³-hybridized carbons (Fsp3) is 0.308. The SMILES string of the molecule is Cc1nc(C(=O)NCCCn2ccnn2)ccc1C#N. The smallest absolute Gasteiger partial charge is 0.269 e. The van der Waals surface area contributed by atoms with Gasteiger partial charge in [-0.25, -0.2) is 4.98 Å². The zero-order valence-electron chi connectivity index (χ0n) is 11.1. The number of amides is 1. The van der Waals surface area contributed by atoms with Gasteiger partial charge in [-0.2, -0.15) is 5.26 Å². The van der Waals surface area contributed by atoms with Crippen LogP contribution in [-0.2, 0) is 6.54 Å². The number of carbonyl (C=O) groups is 1. The van der Waals surface area contributed by atoms with E-state index in [0.29, 0.717) is 30.0 Å². The van der Waals surface area contributed by atoms with Gasteiger partial charge in [0.25, 0.3) is 5.91 Å². The highest BCUT2D eigenvalue weighted by molar-refractivity contribution is 5.92. The highest BCUT2D eigenvalue weighted by Gasteiger charge is 2.08. The molecule has 0 aliphatic carbocycles. The summed E-state index contributed by atoms with van der Waals surface area (Å²) >= 11 is 0. The number of hydrogen-bond donors (Lipinski definition) is 1. The number of pyridine rings is 1. The molecule has 7 nitrogen and oxygen atoms in total. The third-order valence-electron chi connectivity index (χ3n) is 2.76. The van der Waals surface area contributed by atoms with Gasteiger partial charge in [-0.15, -0.1) is 5.10 Å². The molecule has 20 heavy (non-hydrogen) atoms. The van der Waals surface area contributed by atoms with E-state index in [4.69, 9.17) is 5.26 Å². The van der Waals surface area contributed by atoms with Crippen LogP contribution in [0.2, 0.25) is 0 Å². The van der Waals surface area contributed by atoms with Gasteiger partial charge in [0.05, 0.1) is 17.5 Å². The van der Waals surface area contributed by atoms with E-state index in [1.54, 1.807) is 36.1 Å². The highest BCUT2D eigenvalue weighted by Crippen LogP contribution is 2.05. The van der Waals surface area contributed by atoms with Crippen molar-refractivity contribution in [3.8, 4) is 6.07 Å². The first-order valence-electron chi connectivity index (χ1n) is 6.21. The van der Waals surface area contributed by atoms with Crippen molar-refractivity contribution in [1.82, 2.24) is 25.3 Å². The molecular weight excluding hydrogens is 256 g/mol. The Hall–Kier alpha value is -2.75. The minimum absolute atomic E-state index is 0.240. The minimum Gasteiger partial charge on any atom is -0.351 e. The Bertz CT molecular complexity index is 629. The van der Waals surface area contributed by atoms with E-state index >= 15 is 0 Å². The van der Waals surface area contributed by atoms with Crippen molar-refractivity contribution in [2.45, 2.75) is 19.9 Å². The molecule has 0 aromatic carbocycles. The van der Waals surface area contributed by atoms with Crippen molar-refractivity contribution >= 4 is 5.91 Å². The molecule has 0 unspecified atom stereocenters. The highest BCUT2D eigenvalue weighted by atomic mass is 16.1. The van der Waals surface area contributed by atoms with Crippen LogP contribution in [0.1, 0.15) is 28.2 Å². The van der Waals surface area contributed by atoms with E-state index in [1.807, 2.05) is 6.07 Å². The van der Waals surface area contributed by atoms with Crippen LogP contribution in [0.4, 0.5) is 0 Å². The summed E-state index contributed by atoms with van der Waals surface area (Å²) in [5, 5.41) is 19.1. The molecule has 0 bridgehead atoms. The molecule has 1 N–H and O–H groups in total. The summed E-state index contributed by atoms with van der Waals surface area (Å²) in [5.41, 5.74) is 1.36. The second kappa shape index (κ2) is 6.43. The molecule has 0 aliphatic heterocycles. The minimum atomic E-state index is -0.240. The van der Waals surface area contributed by atoms with Gasteiger partial charge in [-0.3, -0.25) is 9.48 Å². The third kappa shape index (κ3) is 3.38. The van der Waals surface area contributed by atoms with Crippen molar-refractivity contribution in [1.29, 1.82) is 5.26 Å². The number of nitriles is 1. The number of hydrogen-bond acceptors (Lipinski definition) is 5. The largest absolute Gasteiger partial charge is 0.351 e. The lowest BCUT2D eigenvalue weighted by molar-refractivity contribution is 0.0947. The molecule has 0 saturated heterocycles. The molecule has 0 fully saturated rings. The van der Waals surface area contributed by atoms with Gasteiger partial charge in [0.2, 0.25) is 0 Å². The average molecular weight is 270 g/mol. The zero-order chi connectivity index (χ0) is 14.4. The standard InChI is InChI=1S/C13H14N6O/c1-10-11(9-14)3-4-12(17-10)13(20)15-5-2-7-19-8-6-16-18-19/h3-4,6,8H,2,5,7H2,1H3,(H,15,20). The van der Waals surface area contributed by atoms with Gasteiger partial charge in [-0.05, 0) is 25.5 Å². The maximum absolute atomic E-state index is 11.9. The number of rotatable bonds is 5. The lowest BCUT2D eigenvalue weighted by Gasteiger charge is -2.05. The Morgan fingerprint density at radius 2 is 2.35 bits per heavy atom. The van der Waals surface area contributed by atoms with E-state index in [1.165, 1.54) is 0 Å². The van der Waals surface area contributed by atoms with Crippen molar-refractivity contribution < 1.29 is 4.79 Å². The predicted octanol–water partition coefficient (Wildman–Crippen LogP) is 0.673. The summed E-state index contributed by atoms with van der Waals surface area (Å²) in [6, 6.07) is 5.18. The summed E-state index contributed by atoms with van der Waals surface area (Å²) in [5.74, 6) is -0.240. The van der Waals surface area contributed by atoms with Crippen LogP contribution >= 0.6 is 0 Å². The lowest BCUT2D eigenvalue weighted by Crippen LogP contribution is -2.26. The molecule has 0 spiro atoms. The average Bonchev–Trinajstić information content (AvgIpc) is 2.96. The topological polar surface area (TPSA) is 96.5 Å². The van der Waals surface area contributed by atoms with Crippen molar-refractivity contribution in [2.75, 3.05) is 6.54 Å². The Morgan fingerprint density at radius 1 is 1.50 bits per heavy atom. The van der Waals surface area contributed by atoms with E-state index in [2.05, 4.69) is 20.6 Å². The summed E-state index contributed by atoms with van der Waals surface area (Å²) in [7, 11) is 0. The number of aromatic nitrogens is 4. The Morgan fingerprint density at radius 3 is 3.00 bits per heavy atom. The summed E-state index contributed by atoms with van der Waals surface area (Å²) < 4.78 is 1.70. The number of nitrogens with zero attached hydrogens (tertiary/aromatic N) is 5. The summed E-state index contributed by atoms with van der Waals surface area (Å²) in [6.45, 7) is 2.93. The van der Waals surface area contributed by atoms with Crippen LogP contribution in [0, 0.1) is 18.3 Å². The predicted molar refractivity (Wildman–Crippen MR) is 70.7 cm³/mol. The van der Waals surface area contributed by atoms with E-state index < -0.39 is 0 Å². The Balaban J connectivity index is 1.83. The van der Waals surface area contributed by atoms with Gasteiger partial charge in [-0.1, -0.05) is 5.21 Å². The van der Waals surface area contributed by atoms with Crippen molar-refractivity contribution in [3.63, 3.8) is 0 Å². The van der Waals surface area contributed by atoms with E-state index in [0.717, 1.165) is 6.42 Å². The molecule has 0 radical (unpaired) electrons. The van der Waals surface area contributed by atoms with Crippen molar-refractivity contribution in [3.05, 3.63) is 41.5 Å². The first-order valence-corrected chi connectivity index (χ1v) is 6.21. The van der Waals surface area contributed by atoms with Crippen LogP contribution in [0.5, 0.6) is 0 Å². The molecule has 7 heteroatoms. The monoisotopic (exact) mass is 270 g/mol. The number of carbonyl (C=O) groups excluding carboxylic acids is 1. The fourth-order valence-electron chi connectivity index (χ4n) is 1.69. The lowest BCUT2D eigenvalue weighted by atomic mass is 10.2. The molecule has 2 aromatic rings. The van der Waals surface area contributed by atoms with Gasteiger partial charge in [0.15, 0.2) is 0 Å². The second-order valence-electron chi connectivity index (χ2n) is 4.22. The number of nitrogens with one attached hydrogen (secondary N) is 1. The van der Waals surface area contributed by atoms with Gasteiger partial charge < -0.3 is 5.32 Å². The third-order valence-corrected chi connectivity index (χ3v) is 2.76. The molecule has 2 rings (SSSR count). The van der Waals surface area contributed by atoms with Gasteiger partial charge in [0.1, 0.15) is 11.8 Å². The molecular formula is C13H14N6O. The van der Waals surface area contributed by atoms with Gasteiger partial charge >= 0.3 is 0 Å². The van der Waals surface area contributed by atoms with E-state index in [-0.39, 0.29) is 5.91 Å². The summed E-state index contributed by atoms with van der Waals surface area (Å²) in [4.78, 5) is 16.0. The quantitative estimate of drug-likeness (QED) is 0.805. The molecule has 0 atom stereocenters. The Labute approximate surface area is 116 Å². The van der Waals surface area contributed by atoms with E-state index in [9.17, 15) is 4.79 Å². The van der Waals surface area contributed by atoms with Crippen LogP contribution in [0.15, 0.2) is 24.5 Å². The molecule has 2 heterocycles. The molecule has 1 amide bonds. The van der Waals surface area contributed by atoms with Crippen LogP contribution in [0.3, 0.4) is 0 Å². The van der Waals surface area contributed by atoms with Crippen LogP contribution < -0.4 is 5.32 Å². The van der Waals surface area contributed by atoms with Crippen LogP contribution in [-0.4, -0.2) is 32.4 Å². The second-order valence-corrected chi connectivity index (χ2v) is 4.22. The normalized spacial score (nSPS) is 10.0. The molecule has 0 saturated carbocycles. The zero-order valence-corrected chi connectivity index (χ0v) is 11.1. The fourth-order valence-corrected chi connectivity index (χ4v) is 1.69. The van der Waals surface area contributed by atoms with Gasteiger partial charge in [0, 0.05) is 19.3 Å².